The molecule has 0 aliphatic heterocycles. The van der Waals surface area contributed by atoms with Gasteiger partial charge >= 0.3 is 33.3 Å². The topological polar surface area (TPSA) is 0 Å². The van der Waals surface area contributed by atoms with Crippen LogP contribution in [0.5, 0.6) is 0 Å². The summed E-state index contributed by atoms with van der Waals surface area (Å²) in [6, 6.07) is 0. The second-order valence-corrected chi connectivity index (χ2v) is 16.1. The molecule has 5 heteroatoms. The van der Waals surface area contributed by atoms with Crippen molar-refractivity contribution in [3.05, 3.63) is 0 Å². The Hall–Kier alpha value is 1.96. The second kappa shape index (κ2) is 13.6. The van der Waals surface area contributed by atoms with Crippen LogP contribution in [0.15, 0.2) is 0 Å². The molecule has 0 aliphatic rings. The Morgan fingerprint density at radius 3 is 0.895 bits per heavy atom. The fourth-order valence-electron chi connectivity index (χ4n) is 2.78. The van der Waals surface area contributed by atoms with Crippen LogP contribution in [0.2, 0.25) is 0 Å². The number of halogens is 2. The molecule has 0 aromatic rings. The Labute approximate surface area is 139 Å². The van der Waals surface area contributed by atoms with Crippen LogP contribution in [0.4, 0.5) is 0 Å². The Morgan fingerprint density at radius 1 is 0.632 bits per heavy atom. The number of rotatable bonds is 7. The van der Waals surface area contributed by atoms with E-state index in [4.69, 9.17) is 20.2 Å². The monoisotopic (exact) mass is 390 g/mol. The van der Waals surface area contributed by atoms with Crippen molar-refractivity contribution < 1.29 is 13.1 Å². The van der Waals surface area contributed by atoms with Crippen LogP contribution in [-0.4, -0.2) is 35.0 Å². The molecule has 0 nitrogen and oxygen atoms in total. The van der Waals surface area contributed by atoms with Crippen molar-refractivity contribution in [1.82, 2.24) is 0 Å². The zero-order chi connectivity index (χ0) is 15.6. The Balaban J connectivity index is 0. The van der Waals surface area contributed by atoms with Gasteiger partial charge in [0.25, 0.3) is 0 Å². The van der Waals surface area contributed by atoms with Gasteiger partial charge in [-0.2, -0.15) is 0 Å². The SMILES string of the molecule is CC(C)[PH+](CC[PH+](C(C)C)C(C)C)C(C)C.[Cl][Fe][Cl]. The predicted molar refractivity (Wildman–Crippen MR) is 98.6 cm³/mol. The molecule has 0 aromatic heterocycles. The Morgan fingerprint density at radius 2 is 0.789 bits per heavy atom. The van der Waals surface area contributed by atoms with Crippen LogP contribution >= 0.6 is 36.0 Å². The van der Waals surface area contributed by atoms with Crippen molar-refractivity contribution in [2.24, 2.45) is 0 Å². The summed E-state index contributed by atoms with van der Waals surface area (Å²) in [5, 5.41) is 0. The second-order valence-electron chi connectivity index (χ2n) is 6.32. The van der Waals surface area contributed by atoms with Gasteiger partial charge in [-0.1, -0.05) is 0 Å². The zero-order valence-electron chi connectivity index (χ0n) is 13.8. The van der Waals surface area contributed by atoms with Crippen LogP contribution in [0.3, 0.4) is 0 Å². The summed E-state index contributed by atoms with van der Waals surface area (Å²) >= 11 is 0.194. The van der Waals surface area contributed by atoms with Crippen molar-refractivity contribution in [3.8, 4) is 0 Å². The predicted octanol–water partition coefficient (Wildman–Crippen LogP) is 6.42. The van der Waals surface area contributed by atoms with Gasteiger partial charge in [-0.3, -0.25) is 0 Å². The van der Waals surface area contributed by atoms with E-state index >= 15 is 0 Å². The first-order chi connectivity index (χ1) is 8.68. The van der Waals surface area contributed by atoms with Crippen molar-refractivity contribution in [2.75, 3.05) is 12.3 Å². The normalized spacial score (nSPS) is 12.2. The molecule has 19 heavy (non-hydrogen) atoms. The van der Waals surface area contributed by atoms with E-state index in [-0.39, 0.29) is 29.0 Å². The zero-order valence-corrected chi connectivity index (χ0v) is 18.4. The van der Waals surface area contributed by atoms with Gasteiger partial charge in [0.05, 0.1) is 35.0 Å². The van der Waals surface area contributed by atoms with Gasteiger partial charge in [-0.05, 0) is 55.4 Å². The maximum atomic E-state index is 4.76. The van der Waals surface area contributed by atoms with Gasteiger partial charge in [-0.15, -0.1) is 0 Å². The van der Waals surface area contributed by atoms with E-state index in [0.29, 0.717) is 0 Å². The molecule has 120 valence electrons. The standard InChI is InChI=1S/C14H32P2.2ClH.Fe/c1-11(2)15(12(3)4)9-10-16(13(5)6)14(7)8;;;/h11-14H,9-10H2,1-8H3;2*1H;/q;;;+2. The van der Waals surface area contributed by atoms with Gasteiger partial charge in [0, 0.05) is 15.8 Å². The molecular weight excluding hydrogens is 357 g/mol. The van der Waals surface area contributed by atoms with Crippen molar-refractivity contribution in [3.63, 3.8) is 0 Å². The summed E-state index contributed by atoms with van der Waals surface area (Å²) in [4.78, 5) is 0. The molecule has 0 N–H and O–H groups in total. The molecule has 0 heterocycles. The minimum atomic E-state index is -0.114. The summed E-state index contributed by atoms with van der Waals surface area (Å²) in [6.07, 6.45) is 3.12. The number of hydrogen-bond acceptors (Lipinski definition) is 0. The molecule has 0 fully saturated rings. The Bertz CT molecular complexity index is 164. The summed E-state index contributed by atoms with van der Waals surface area (Å²) in [5.41, 5.74) is 3.81. The molecule has 0 radical (unpaired) electrons. The molecule has 0 amide bonds. The first-order valence-electron chi connectivity index (χ1n) is 7.25. The van der Waals surface area contributed by atoms with Crippen molar-refractivity contribution >= 4 is 36.0 Å². The fourth-order valence-corrected chi connectivity index (χ4v) is 10.1. The molecule has 0 bridgehead atoms. The van der Waals surface area contributed by atoms with Gasteiger partial charge < -0.3 is 0 Å². The summed E-state index contributed by atoms with van der Waals surface area (Å²) < 4.78 is 0. The molecule has 0 rings (SSSR count). The molecule has 0 spiro atoms. The quantitative estimate of drug-likeness (QED) is 0.347. The molecular formula is C14H34Cl2FeP2+2. The third kappa shape index (κ3) is 12.2. The molecule has 0 atom stereocenters. The summed E-state index contributed by atoms with van der Waals surface area (Å²) in [5.74, 6) is 0. The summed E-state index contributed by atoms with van der Waals surface area (Å²) in [6.45, 7) is 19.5. The van der Waals surface area contributed by atoms with Crippen LogP contribution in [-0.2, 0) is 13.1 Å². The van der Waals surface area contributed by atoms with Gasteiger partial charge in [0.2, 0.25) is 0 Å². The van der Waals surface area contributed by atoms with E-state index in [0.717, 1.165) is 22.6 Å². The van der Waals surface area contributed by atoms with E-state index in [1.165, 1.54) is 0 Å². The van der Waals surface area contributed by atoms with Crippen molar-refractivity contribution in [2.45, 2.75) is 78.0 Å². The average Bonchev–Trinajstić information content (AvgIpc) is 2.22. The average molecular weight is 391 g/mol. The van der Waals surface area contributed by atoms with Crippen molar-refractivity contribution in [1.29, 1.82) is 0 Å². The minimum absolute atomic E-state index is 0.114. The fraction of sp³-hybridized carbons (Fsp3) is 1.00. The van der Waals surface area contributed by atoms with E-state index < -0.39 is 0 Å². The first-order valence-corrected chi connectivity index (χ1v) is 14.0. The van der Waals surface area contributed by atoms with E-state index in [2.05, 4.69) is 55.4 Å². The molecule has 0 saturated heterocycles. The van der Waals surface area contributed by atoms with E-state index in [1.54, 1.807) is 12.3 Å². The van der Waals surface area contributed by atoms with Crippen LogP contribution in [0, 0.1) is 0 Å². The van der Waals surface area contributed by atoms with Crippen LogP contribution in [0.25, 0.3) is 0 Å². The van der Waals surface area contributed by atoms with Crippen LogP contribution in [0.1, 0.15) is 55.4 Å². The van der Waals surface area contributed by atoms with E-state index in [9.17, 15) is 0 Å². The van der Waals surface area contributed by atoms with Gasteiger partial charge in [0.15, 0.2) is 0 Å². The summed E-state index contributed by atoms with van der Waals surface area (Å²) in [7, 11) is 9.30. The molecule has 0 unspecified atom stereocenters. The van der Waals surface area contributed by atoms with Crippen LogP contribution < -0.4 is 0 Å². The van der Waals surface area contributed by atoms with Gasteiger partial charge in [-0.25, -0.2) is 0 Å². The first kappa shape index (κ1) is 23.2. The van der Waals surface area contributed by atoms with E-state index in [1.807, 2.05) is 0 Å². The molecule has 0 saturated carbocycles. The van der Waals surface area contributed by atoms with Gasteiger partial charge in [0.1, 0.15) is 0 Å². The third-order valence-corrected chi connectivity index (χ3v) is 11.8. The Kier molecular flexibility index (Phi) is 16.6. The number of hydrogen-bond donors (Lipinski definition) is 0. The third-order valence-electron chi connectivity index (χ3n) is 3.67. The molecule has 0 aromatic carbocycles. The maximum absolute atomic E-state index is 4.76. The molecule has 0 aliphatic carbocycles.